The number of hydrogen-bond donors (Lipinski definition) is 3. The minimum absolute atomic E-state index is 0.0448. The molecule has 0 aliphatic carbocycles. The van der Waals surface area contributed by atoms with Crippen molar-refractivity contribution >= 4 is 23.5 Å². The van der Waals surface area contributed by atoms with Gasteiger partial charge in [0.15, 0.2) is 5.78 Å². The van der Waals surface area contributed by atoms with Crippen molar-refractivity contribution in [1.82, 2.24) is 21.1 Å². The van der Waals surface area contributed by atoms with Crippen molar-refractivity contribution in [3.63, 3.8) is 0 Å². The van der Waals surface area contributed by atoms with Crippen LogP contribution in [0.2, 0.25) is 0 Å². The Hall–Kier alpha value is -2.79. The Kier molecular flexibility index (Phi) is 8.28. The molecule has 0 saturated carbocycles. The molecule has 11 heteroatoms. The van der Waals surface area contributed by atoms with E-state index in [1.54, 1.807) is 6.92 Å². The summed E-state index contributed by atoms with van der Waals surface area (Å²) in [6.45, 7) is 7.23. The molecule has 1 aliphatic heterocycles. The highest BCUT2D eigenvalue weighted by Gasteiger charge is 2.50. The van der Waals surface area contributed by atoms with Gasteiger partial charge in [-0.2, -0.15) is 0 Å². The molecule has 3 amide bonds. The fourth-order valence-electron chi connectivity index (χ4n) is 2.91. The highest BCUT2D eigenvalue weighted by Crippen LogP contribution is 2.29. The Balaban J connectivity index is 1.99. The fourth-order valence-corrected chi connectivity index (χ4v) is 2.91. The number of rotatable bonds is 12. The minimum atomic E-state index is -1.06. The van der Waals surface area contributed by atoms with E-state index < -0.39 is 41.4 Å². The molecule has 2 rings (SSSR count). The molecule has 1 aromatic heterocycles. The Bertz CT molecular complexity index is 789. The van der Waals surface area contributed by atoms with Gasteiger partial charge in [0.2, 0.25) is 17.6 Å². The molecule has 1 saturated heterocycles. The summed E-state index contributed by atoms with van der Waals surface area (Å²) < 4.78 is 15.0. The number of carbonyl (C=O) groups is 4. The van der Waals surface area contributed by atoms with Crippen LogP contribution in [0.25, 0.3) is 0 Å². The predicted octanol–water partition coefficient (Wildman–Crippen LogP) is -0.187. The second kappa shape index (κ2) is 10.5. The number of nitrogens with zero attached hydrogens (tertiary/aromatic N) is 1. The summed E-state index contributed by atoms with van der Waals surface area (Å²) in [4.78, 5) is 50.1. The van der Waals surface area contributed by atoms with Crippen molar-refractivity contribution in [2.45, 2.75) is 57.8 Å². The first kappa shape index (κ1) is 24.5. The molecule has 31 heavy (non-hydrogen) atoms. The second-order valence-electron chi connectivity index (χ2n) is 8.16. The minimum Gasteiger partial charge on any atom is -0.382 e. The number of hydrogen-bond acceptors (Lipinski definition) is 8. The number of carbonyl (C=O) groups excluding carboxylic acids is 4. The highest BCUT2D eigenvalue weighted by molar-refractivity contribution is 5.99. The van der Waals surface area contributed by atoms with E-state index in [9.17, 15) is 19.2 Å². The molecule has 0 radical (unpaired) electrons. The summed E-state index contributed by atoms with van der Waals surface area (Å²) >= 11 is 0. The zero-order valence-electron chi connectivity index (χ0n) is 18.4. The van der Waals surface area contributed by atoms with Crippen LogP contribution in [0.4, 0.5) is 0 Å². The van der Waals surface area contributed by atoms with Crippen molar-refractivity contribution in [3.05, 3.63) is 18.0 Å². The summed E-state index contributed by atoms with van der Waals surface area (Å²) in [5, 5.41) is 11.1. The number of amides is 3. The normalized spacial score (nSPS) is 20.5. The molecular formula is C20H30N4O7. The third kappa shape index (κ3) is 6.86. The van der Waals surface area contributed by atoms with Crippen LogP contribution in [0.5, 0.6) is 0 Å². The van der Waals surface area contributed by atoms with Crippen molar-refractivity contribution in [1.29, 1.82) is 0 Å². The van der Waals surface area contributed by atoms with Gasteiger partial charge < -0.3 is 29.9 Å². The molecule has 1 aromatic rings. The van der Waals surface area contributed by atoms with Crippen LogP contribution in [0.3, 0.4) is 0 Å². The highest BCUT2D eigenvalue weighted by atomic mass is 16.6. The smallest absolute Gasteiger partial charge is 0.290 e. The first-order valence-electron chi connectivity index (χ1n) is 10.1. The van der Waals surface area contributed by atoms with E-state index in [0.29, 0.717) is 13.0 Å². The van der Waals surface area contributed by atoms with E-state index in [1.165, 1.54) is 26.3 Å². The molecule has 4 atom stereocenters. The zero-order chi connectivity index (χ0) is 23.2. The number of epoxide rings is 1. The number of Topliss-reactive ketones (excluding diaryl/α,β-unsaturated/α-hetero) is 1. The van der Waals surface area contributed by atoms with Gasteiger partial charge in [0.25, 0.3) is 5.91 Å². The maximum absolute atomic E-state index is 12.8. The third-order valence-electron chi connectivity index (χ3n) is 4.81. The van der Waals surface area contributed by atoms with Crippen molar-refractivity contribution in [2.24, 2.45) is 5.92 Å². The number of methoxy groups -OCH3 is 1. The Morgan fingerprint density at radius 1 is 1.13 bits per heavy atom. The van der Waals surface area contributed by atoms with E-state index in [4.69, 9.17) is 14.0 Å². The molecule has 11 nitrogen and oxygen atoms in total. The van der Waals surface area contributed by atoms with Gasteiger partial charge in [-0.15, -0.1) is 0 Å². The van der Waals surface area contributed by atoms with Gasteiger partial charge in [-0.25, -0.2) is 0 Å². The summed E-state index contributed by atoms with van der Waals surface area (Å²) in [5.41, 5.74) is -0.883. The van der Waals surface area contributed by atoms with Crippen LogP contribution in [0, 0.1) is 5.92 Å². The predicted molar refractivity (Wildman–Crippen MR) is 108 cm³/mol. The fraction of sp³-hybridized carbons (Fsp3) is 0.650. The van der Waals surface area contributed by atoms with Crippen LogP contribution < -0.4 is 16.0 Å². The van der Waals surface area contributed by atoms with Crippen molar-refractivity contribution < 1.29 is 33.2 Å². The van der Waals surface area contributed by atoms with Crippen LogP contribution >= 0.6 is 0 Å². The molecule has 0 unspecified atom stereocenters. The molecular weight excluding hydrogens is 408 g/mol. The van der Waals surface area contributed by atoms with Crippen molar-refractivity contribution in [2.75, 3.05) is 20.3 Å². The number of ketones is 1. The van der Waals surface area contributed by atoms with E-state index in [-0.39, 0.29) is 24.1 Å². The lowest BCUT2D eigenvalue weighted by Crippen LogP contribution is -2.57. The van der Waals surface area contributed by atoms with Crippen LogP contribution in [-0.2, 0) is 23.9 Å². The van der Waals surface area contributed by atoms with Gasteiger partial charge >= 0.3 is 0 Å². The van der Waals surface area contributed by atoms with Gasteiger partial charge in [0, 0.05) is 13.2 Å². The van der Waals surface area contributed by atoms with Crippen LogP contribution in [0.15, 0.2) is 16.8 Å². The molecule has 1 fully saturated rings. The van der Waals surface area contributed by atoms with Gasteiger partial charge in [-0.1, -0.05) is 19.0 Å². The molecule has 0 bridgehead atoms. The molecule has 0 spiro atoms. The first-order chi connectivity index (χ1) is 14.6. The van der Waals surface area contributed by atoms with E-state index in [2.05, 4.69) is 21.1 Å². The zero-order valence-corrected chi connectivity index (χ0v) is 18.4. The number of nitrogens with one attached hydrogen (secondary N) is 3. The SMILES string of the molecule is COC[C@H](NC(=O)[C@H](C)NC(=O)c1ccno1)C(=O)N[C@@H](CC(C)C)C(=O)[C@@]1(C)CO1. The molecule has 0 aromatic carbocycles. The maximum Gasteiger partial charge on any atom is 0.290 e. The average molecular weight is 438 g/mol. The Morgan fingerprint density at radius 3 is 2.29 bits per heavy atom. The van der Waals surface area contributed by atoms with E-state index in [1.807, 2.05) is 13.8 Å². The summed E-state index contributed by atoms with van der Waals surface area (Å²) in [7, 11) is 1.39. The average Bonchev–Trinajstić information content (AvgIpc) is 3.22. The van der Waals surface area contributed by atoms with Gasteiger partial charge in [-0.05, 0) is 26.2 Å². The van der Waals surface area contributed by atoms with Gasteiger partial charge in [0.1, 0.15) is 17.7 Å². The number of aromatic nitrogens is 1. The third-order valence-corrected chi connectivity index (χ3v) is 4.81. The molecule has 2 heterocycles. The topological polar surface area (TPSA) is 152 Å². The Labute approximate surface area is 180 Å². The monoisotopic (exact) mass is 438 g/mol. The summed E-state index contributed by atoms with van der Waals surface area (Å²) in [6.07, 6.45) is 1.74. The van der Waals surface area contributed by atoms with E-state index >= 15 is 0 Å². The van der Waals surface area contributed by atoms with Crippen LogP contribution in [0.1, 0.15) is 44.7 Å². The van der Waals surface area contributed by atoms with E-state index in [0.717, 1.165) is 0 Å². The molecule has 172 valence electrons. The lowest BCUT2D eigenvalue weighted by Gasteiger charge is -2.25. The molecule has 1 aliphatic rings. The maximum atomic E-state index is 12.8. The largest absolute Gasteiger partial charge is 0.382 e. The van der Waals surface area contributed by atoms with Crippen molar-refractivity contribution in [3.8, 4) is 0 Å². The standard InChI is InChI=1S/C20H30N4O7/c1-11(2)8-13(16(25)20(4)10-30-20)23-18(27)14(9-29-5)24-17(26)12(3)22-19(28)15-6-7-21-31-15/h6-7,11-14H,8-10H2,1-5H3,(H,22,28)(H,23,27)(H,24,26)/t12-,13-,14-,20+/m0/s1. The summed E-state index contributed by atoms with van der Waals surface area (Å²) in [5.74, 6) is -1.88. The number of ether oxygens (including phenoxy) is 2. The second-order valence-corrected chi connectivity index (χ2v) is 8.16. The van der Waals surface area contributed by atoms with Gasteiger partial charge in [0.05, 0.1) is 25.5 Å². The molecule has 3 N–H and O–H groups in total. The first-order valence-corrected chi connectivity index (χ1v) is 10.1. The lowest BCUT2D eigenvalue weighted by atomic mass is 9.93. The van der Waals surface area contributed by atoms with Gasteiger partial charge in [-0.3, -0.25) is 19.2 Å². The quantitative estimate of drug-likeness (QED) is 0.380. The summed E-state index contributed by atoms with van der Waals surface area (Å²) in [6, 6.07) is -1.41. The lowest BCUT2D eigenvalue weighted by molar-refractivity contribution is -0.134. The van der Waals surface area contributed by atoms with Crippen LogP contribution in [-0.4, -0.2) is 72.7 Å². The Morgan fingerprint density at radius 2 is 1.77 bits per heavy atom.